The first-order chi connectivity index (χ1) is 11.8. The van der Waals surface area contributed by atoms with Crippen LogP contribution >= 0.6 is 0 Å². The smallest absolute Gasteiger partial charge is 0.317 e. The summed E-state index contributed by atoms with van der Waals surface area (Å²) in [5, 5.41) is 2.97. The van der Waals surface area contributed by atoms with Crippen molar-refractivity contribution in [2.75, 3.05) is 26.2 Å². The van der Waals surface area contributed by atoms with E-state index in [1.165, 1.54) is 6.39 Å². The van der Waals surface area contributed by atoms with E-state index < -0.39 is 0 Å². The van der Waals surface area contributed by atoms with Crippen molar-refractivity contribution in [1.82, 2.24) is 20.1 Å². The zero-order valence-electron chi connectivity index (χ0n) is 14.9. The molecule has 1 aliphatic heterocycles. The number of carbonyl (C=O) groups excluding carboxylic acids is 2. The molecule has 1 aliphatic rings. The number of oxazole rings is 1. The highest BCUT2D eigenvalue weighted by atomic mass is 16.3. The van der Waals surface area contributed by atoms with E-state index in [2.05, 4.69) is 10.3 Å². The van der Waals surface area contributed by atoms with Gasteiger partial charge in [-0.1, -0.05) is 0 Å². The van der Waals surface area contributed by atoms with Gasteiger partial charge in [-0.2, -0.15) is 0 Å². The van der Waals surface area contributed by atoms with E-state index in [1.807, 2.05) is 20.8 Å². The number of fused-ring (bicyclic) bond motifs is 1. The van der Waals surface area contributed by atoms with E-state index in [1.54, 1.807) is 28.0 Å². The Hall–Kier alpha value is -2.57. The molecule has 3 rings (SSSR count). The van der Waals surface area contributed by atoms with Crippen LogP contribution in [0.15, 0.2) is 29.0 Å². The predicted octanol–water partition coefficient (Wildman–Crippen LogP) is 2.48. The number of nitrogens with zero attached hydrogens (tertiary/aromatic N) is 3. The molecule has 7 nitrogen and oxygen atoms in total. The van der Waals surface area contributed by atoms with E-state index in [9.17, 15) is 9.59 Å². The first-order valence-corrected chi connectivity index (χ1v) is 8.53. The van der Waals surface area contributed by atoms with Gasteiger partial charge >= 0.3 is 6.03 Å². The van der Waals surface area contributed by atoms with Gasteiger partial charge in [-0.3, -0.25) is 4.79 Å². The van der Waals surface area contributed by atoms with Gasteiger partial charge in [0, 0.05) is 37.3 Å². The van der Waals surface area contributed by atoms with Gasteiger partial charge in [0.15, 0.2) is 12.0 Å². The van der Waals surface area contributed by atoms with Crippen LogP contribution in [0.5, 0.6) is 0 Å². The molecule has 1 fully saturated rings. The number of urea groups is 1. The molecule has 7 heteroatoms. The minimum Gasteiger partial charge on any atom is -0.443 e. The second-order valence-corrected chi connectivity index (χ2v) is 7.35. The van der Waals surface area contributed by atoms with Crippen LogP contribution < -0.4 is 5.32 Å². The molecule has 0 saturated carbocycles. The predicted molar refractivity (Wildman–Crippen MR) is 94.4 cm³/mol. The number of aromatic nitrogens is 1. The average Bonchev–Trinajstić information content (AvgIpc) is 2.86. The standard InChI is InChI=1S/C18H24N4O3/c1-18(2,3)20-17(24)22-8-4-7-21(9-10-22)16(23)13-5-6-14-15(11-13)25-12-19-14/h5-6,11-12H,4,7-10H2,1-3H3,(H,20,24). The van der Waals surface area contributed by atoms with Crippen molar-refractivity contribution in [1.29, 1.82) is 0 Å². The quantitative estimate of drug-likeness (QED) is 0.862. The molecular weight excluding hydrogens is 320 g/mol. The van der Waals surface area contributed by atoms with Crippen molar-refractivity contribution in [3.63, 3.8) is 0 Å². The molecule has 0 unspecified atom stereocenters. The molecule has 1 aromatic carbocycles. The number of amides is 3. The second-order valence-electron chi connectivity index (χ2n) is 7.35. The Morgan fingerprint density at radius 2 is 1.84 bits per heavy atom. The van der Waals surface area contributed by atoms with E-state index in [4.69, 9.17) is 4.42 Å². The fraction of sp³-hybridized carbons (Fsp3) is 0.500. The molecule has 0 atom stereocenters. The topological polar surface area (TPSA) is 78.7 Å². The lowest BCUT2D eigenvalue weighted by Gasteiger charge is -2.27. The summed E-state index contributed by atoms with van der Waals surface area (Å²) < 4.78 is 5.27. The molecular formula is C18H24N4O3. The van der Waals surface area contributed by atoms with Crippen LogP contribution in [0.3, 0.4) is 0 Å². The Bertz CT molecular complexity index is 778. The van der Waals surface area contributed by atoms with Gasteiger partial charge < -0.3 is 19.5 Å². The van der Waals surface area contributed by atoms with Gasteiger partial charge in [-0.25, -0.2) is 9.78 Å². The Balaban J connectivity index is 1.66. The van der Waals surface area contributed by atoms with E-state index in [0.717, 1.165) is 11.9 Å². The van der Waals surface area contributed by atoms with Crippen LogP contribution in [-0.2, 0) is 0 Å². The summed E-state index contributed by atoms with van der Waals surface area (Å²) in [6, 6.07) is 5.19. The monoisotopic (exact) mass is 344 g/mol. The van der Waals surface area contributed by atoms with Gasteiger partial charge in [-0.15, -0.1) is 0 Å². The number of hydrogen-bond donors (Lipinski definition) is 1. The summed E-state index contributed by atoms with van der Waals surface area (Å²) in [5.41, 5.74) is 1.65. The zero-order valence-corrected chi connectivity index (χ0v) is 14.9. The van der Waals surface area contributed by atoms with Crippen LogP contribution in [0.4, 0.5) is 4.79 Å². The zero-order chi connectivity index (χ0) is 18.0. The number of carbonyl (C=O) groups is 2. The van der Waals surface area contributed by atoms with Crippen LogP contribution in [0.25, 0.3) is 11.1 Å². The van der Waals surface area contributed by atoms with Crippen molar-refractivity contribution in [3.8, 4) is 0 Å². The molecule has 25 heavy (non-hydrogen) atoms. The Morgan fingerprint density at radius 3 is 2.60 bits per heavy atom. The third kappa shape index (κ3) is 4.10. The minimum atomic E-state index is -0.272. The van der Waals surface area contributed by atoms with Crippen LogP contribution in [0.1, 0.15) is 37.6 Å². The maximum atomic E-state index is 12.8. The molecule has 0 bridgehead atoms. The Labute approximate surface area is 147 Å². The lowest BCUT2D eigenvalue weighted by Crippen LogP contribution is -2.49. The number of benzene rings is 1. The van der Waals surface area contributed by atoms with Gasteiger partial charge in [0.05, 0.1) is 0 Å². The van der Waals surface area contributed by atoms with Gasteiger partial charge in [0.25, 0.3) is 5.91 Å². The van der Waals surface area contributed by atoms with Gasteiger partial charge in [0.2, 0.25) is 0 Å². The van der Waals surface area contributed by atoms with E-state index >= 15 is 0 Å². The largest absolute Gasteiger partial charge is 0.443 e. The SMILES string of the molecule is CC(C)(C)NC(=O)N1CCCN(C(=O)c2ccc3ncoc3c2)CC1. The van der Waals surface area contributed by atoms with Gasteiger partial charge in [-0.05, 0) is 45.4 Å². The highest BCUT2D eigenvalue weighted by molar-refractivity contribution is 5.97. The average molecular weight is 344 g/mol. The van der Waals surface area contributed by atoms with E-state index in [0.29, 0.717) is 37.3 Å². The molecule has 1 saturated heterocycles. The summed E-state index contributed by atoms with van der Waals surface area (Å²) in [4.78, 5) is 32.7. The fourth-order valence-corrected chi connectivity index (χ4v) is 2.89. The second kappa shape index (κ2) is 6.74. The van der Waals surface area contributed by atoms with Crippen molar-refractivity contribution < 1.29 is 14.0 Å². The highest BCUT2D eigenvalue weighted by Gasteiger charge is 2.25. The molecule has 0 radical (unpaired) electrons. The van der Waals surface area contributed by atoms with Crippen molar-refractivity contribution in [3.05, 3.63) is 30.2 Å². The van der Waals surface area contributed by atoms with Gasteiger partial charge in [0.1, 0.15) is 5.52 Å². The molecule has 0 spiro atoms. The lowest BCUT2D eigenvalue weighted by molar-refractivity contribution is 0.0762. The molecule has 0 aliphatic carbocycles. The van der Waals surface area contributed by atoms with Crippen molar-refractivity contribution >= 4 is 23.0 Å². The summed E-state index contributed by atoms with van der Waals surface area (Å²) in [6.45, 7) is 8.19. The van der Waals surface area contributed by atoms with E-state index in [-0.39, 0.29) is 17.5 Å². The summed E-state index contributed by atoms with van der Waals surface area (Å²) >= 11 is 0. The third-order valence-corrected chi connectivity index (χ3v) is 4.13. The van der Waals surface area contributed by atoms with Crippen molar-refractivity contribution in [2.45, 2.75) is 32.7 Å². The maximum absolute atomic E-state index is 12.8. The number of nitrogens with one attached hydrogen (secondary N) is 1. The number of hydrogen-bond acceptors (Lipinski definition) is 4. The lowest BCUT2D eigenvalue weighted by atomic mass is 10.1. The third-order valence-electron chi connectivity index (χ3n) is 4.13. The minimum absolute atomic E-state index is 0.0450. The fourth-order valence-electron chi connectivity index (χ4n) is 2.89. The summed E-state index contributed by atoms with van der Waals surface area (Å²) in [6.07, 6.45) is 2.13. The van der Waals surface area contributed by atoms with Crippen LogP contribution in [0, 0.1) is 0 Å². The van der Waals surface area contributed by atoms with Crippen LogP contribution in [0.2, 0.25) is 0 Å². The molecule has 3 amide bonds. The summed E-state index contributed by atoms with van der Waals surface area (Å²) in [7, 11) is 0. The maximum Gasteiger partial charge on any atom is 0.317 e. The molecule has 1 N–H and O–H groups in total. The molecule has 134 valence electrons. The van der Waals surface area contributed by atoms with Crippen molar-refractivity contribution in [2.24, 2.45) is 0 Å². The summed E-state index contributed by atoms with van der Waals surface area (Å²) in [5.74, 6) is -0.0450. The highest BCUT2D eigenvalue weighted by Crippen LogP contribution is 2.17. The number of rotatable bonds is 1. The Kier molecular flexibility index (Phi) is 4.65. The molecule has 2 aromatic rings. The molecule has 1 aromatic heterocycles. The molecule has 2 heterocycles. The first kappa shape index (κ1) is 17.3. The normalized spacial score (nSPS) is 16.0. The first-order valence-electron chi connectivity index (χ1n) is 8.53. The Morgan fingerprint density at radius 1 is 1.12 bits per heavy atom. The van der Waals surface area contributed by atoms with Crippen LogP contribution in [-0.4, -0.2) is 58.4 Å².